The molecule has 1 atom stereocenters. The molecule has 2 aliphatic rings. The molecule has 1 unspecified atom stereocenters. The lowest BCUT2D eigenvalue weighted by atomic mass is 9.96. The summed E-state index contributed by atoms with van der Waals surface area (Å²) in [5, 5.41) is 4.31. The molecular formula is C8H10NO. The Morgan fingerprint density at radius 3 is 3.40 bits per heavy atom. The average Bonchev–Trinajstić information content (AvgIpc) is 2.05. The molecule has 2 rings (SSSR count). The van der Waals surface area contributed by atoms with E-state index >= 15 is 0 Å². The Kier molecular flexibility index (Phi) is 1.47. The summed E-state index contributed by atoms with van der Waals surface area (Å²) in [5.41, 5.74) is 1.33. The van der Waals surface area contributed by atoms with E-state index in [9.17, 15) is 0 Å². The fraction of sp³-hybridized carbons (Fsp3) is 0.500. The Balaban J connectivity index is 2.17. The van der Waals surface area contributed by atoms with Crippen LogP contribution in [0, 0.1) is 0 Å². The molecule has 0 aromatic heterocycles. The maximum absolute atomic E-state index is 5.08. The van der Waals surface area contributed by atoms with Crippen molar-refractivity contribution < 1.29 is 4.74 Å². The van der Waals surface area contributed by atoms with E-state index in [0.717, 1.165) is 12.8 Å². The molecule has 0 saturated carbocycles. The molecule has 0 bridgehead atoms. The van der Waals surface area contributed by atoms with Crippen molar-refractivity contribution in [3.05, 3.63) is 24.0 Å². The molecule has 0 saturated heterocycles. The molecule has 1 aliphatic heterocycles. The topological polar surface area (TPSA) is 23.3 Å². The number of rotatable bonds is 0. The van der Waals surface area contributed by atoms with E-state index < -0.39 is 0 Å². The van der Waals surface area contributed by atoms with E-state index in [2.05, 4.69) is 17.5 Å². The van der Waals surface area contributed by atoms with Crippen molar-refractivity contribution in [1.82, 2.24) is 5.32 Å². The van der Waals surface area contributed by atoms with Crippen LogP contribution in [-0.4, -0.2) is 12.8 Å². The number of fused-ring (bicyclic) bond motifs is 1. The molecule has 10 heavy (non-hydrogen) atoms. The Labute approximate surface area is 60.6 Å². The Hall–Kier alpha value is -0.760. The maximum atomic E-state index is 5.08. The molecule has 0 amide bonds. The van der Waals surface area contributed by atoms with Crippen LogP contribution < -0.4 is 5.32 Å². The van der Waals surface area contributed by atoms with Crippen molar-refractivity contribution in [2.45, 2.75) is 18.9 Å². The molecule has 0 aromatic carbocycles. The van der Waals surface area contributed by atoms with Crippen molar-refractivity contribution in [3.8, 4) is 0 Å². The van der Waals surface area contributed by atoms with Gasteiger partial charge in [-0.2, -0.15) is 5.32 Å². The molecule has 1 aliphatic carbocycles. The summed E-state index contributed by atoms with van der Waals surface area (Å²) >= 11 is 0. The smallest absolute Gasteiger partial charge is 0.154 e. The first-order chi connectivity index (χ1) is 4.97. The number of nitrogens with zero attached hydrogens (tertiary/aromatic N) is 1. The van der Waals surface area contributed by atoms with Crippen LogP contribution in [-0.2, 0) is 4.74 Å². The van der Waals surface area contributed by atoms with Crippen LogP contribution in [0.5, 0.6) is 0 Å². The standard InChI is InChI=1S/C8H10NO/c1-2-4-8-7(3-1)5-10-6-9-8/h1-2,5,8H,3-4,6H2. The summed E-state index contributed by atoms with van der Waals surface area (Å²) in [6, 6.07) is 0.429. The lowest BCUT2D eigenvalue weighted by molar-refractivity contribution is 0.180. The highest BCUT2D eigenvalue weighted by Crippen LogP contribution is 2.20. The zero-order valence-corrected chi connectivity index (χ0v) is 5.79. The van der Waals surface area contributed by atoms with Gasteiger partial charge in [0.25, 0.3) is 0 Å². The van der Waals surface area contributed by atoms with Crippen LogP contribution in [0.4, 0.5) is 0 Å². The number of hydrogen-bond donors (Lipinski definition) is 0. The van der Waals surface area contributed by atoms with Crippen molar-refractivity contribution >= 4 is 0 Å². The van der Waals surface area contributed by atoms with E-state index in [1.807, 2.05) is 6.26 Å². The summed E-state index contributed by atoms with van der Waals surface area (Å²) in [4.78, 5) is 0. The highest BCUT2D eigenvalue weighted by Gasteiger charge is 2.19. The van der Waals surface area contributed by atoms with Crippen LogP contribution >= 0.6 is 0 Å². The van der Waals surface area contributed by atoms with Gasteiger partial charge in [0.15, 0.2) is 6.73 Å². The van der Waals surface area contributed by atoms with Crippen molar-refractivity contribution in [2.24, 2.45) is 0 Å². The van der Waals surface area contributed by atoms with Gasteiger partial charge in [0.05, 0.1) is 12.3 Å². The fourth-order valence-electron chi connectivity index (χ4n) is 1.33. The van der Waals surface area contributed by atoms with Gasteiger partial charge in [0.1, 0.15) is 0 Å². The van der Waals surface area contributed by atoms with Crippen LogP contribution in [0.2, 0.25) is 0 Å². The molecule has 2 nitrogen and oxygen atoms in total. The third-order valence-corrected chi connectivity index (χ3v) is 1.91. The van der Waals surface area contributed by atoms with Gasteiger partial charge in [-0.1, -0.05) is 12.2 Å². The highest BCUT2D eigenvalue weighted by atomic mass is 16.5. The number of hydrogen-bond acceptors (Lipinski definition) is 1. The molecule has 0 aromatic rings. The van der Waals surface area contributed by atoms with Crippen LogP contribution in [0.25, 0.3) is 0 Å². The van der Waals surface area contributed by atoms with Gasteiger partial charge in [0.2, 0.25) is 0 Å². The van der Waals surface area contributed by atoms with Crippen molar-refractivity contribution in [2.75, 3.05) is 6.73 Å². The summed E-state index contributed by atoms with van der Waals surface area (Å²) < 4.78 is 5.08. The zero-order valence-electron chi connectivity index (χ0n) is 5.79. The molecule has 2 heteroatoms. The first-order valence-corrected chi connectivity index (χ1v) is 3.59. The summed E-state index contributed by atoms with van der Waals surface area (Å²) in [6.07, 6.45) is 8.31. The van der Waals surface area contributed by atoms with E-state index in [4.69, 9.17) is 4.74 Å². The van der Waals surface area contributed by atoms with Gasteiger partial charge < -0.3 is 4.74 Å². The number of ether oxygens (including phenoxy) is 1. The van der Waals surface area contributed by atoms with E-state index in [0.29, 0.717) is 12.8 Å². The third-order valence-electron chi connectivity index (χ3n) is 1.91. The van der Waals surface area contributed by atoms with Gasteiger partial charge in [-0.3, -0.25) is 0 Å². The van der Waals surface area contributed by atoms with Gasteiger partial charge in [-0.15, -0.1) is 0 Å². The van der Waals surface area contributed by atoms with Crippen molar-refractivity contribution in [3.63, 3.8) is 0 Å². The lowest BCUT2D eigenvalue weighted by Crippen LogP contribution is -2.30. The monoisotopic (exact) mass is 136 g/mol. The van der Waals surface area contributed by atoms with Crippen molar-refractivity contribution in [1.29, 1.82) is 0 Å². The Morgan fingerprint density at radius 2 is 2.50 bits per heavy atom. The molecule has 1 radical (unpaired) electrons. The Morgan fingerprint density at radius 1 is 1.50 bits per heavy atom. The molecule has 0 spiro atoms. The molecule has 53 valence electrons. The summed E-state index contributed by atoms with van der Waals surface area (Å²) in [7, 11) is 0. The Bertz CT molecular complexity index is 184. The molecule has 0 fully saturated rings. The predicted octanol–water partition coefficient (Wildman–Crippen LogP) is 1.18. The second-order valence-electron chi connectivity index (χ2n) is 2.60. The SMILES string of the molecule is C1=CCC2[N]COC=C2C1. The fourth-order valence-corrected chi connectivity index (χ4v) is 1.33. The minimum absolute atomic E-state index is 0.429. The van der Waals surface area contributed by atoms with Crippen LogP contribution in [0.3, 0.4) is 0 Å². The maximum Gasteiger partial charge on any atom is 0.154 e. The van der Waals surface area contributed by atoms with Gasteiger partial charge in [-0.25, -0.2) is 0 Å². The summed E-state index contributed by atoms with van der Waals surface area (Å²) in [6.45, 7) is 0.544. The highest BCUT2D eigenvalue weighted by molar-refractivity contribution is 5.19. The summed E-state index contributed by atoms with van der Waals surface area (Å²) in [5.74, 6) is 0. The normalized spacial score (nSPS) is 30.4. The van der Waals surface area contributed by atoms with Gasteiger partial charge in [0, 0.05) is 0 Å². The number of allylic oxidation sites excluding steroid dienone is 1. The first kappa shape index (κ1) is 5.98. The quantitative estimate of drug-likeness (QED) is 0.459. The molecular weight excluding hydrogens is 126 g/mol. The lowest BCUT2D eigenvalue weighted by Gasteiger charge is -2.24. The molecule has 1 heterocycles. The molecule has 0 N–H and O–H groups in total. The van der Waals surface area contributed by atoms with Gasteiger partial charge in [-0.05, 0) is 18.4 Å². The third kappa shape index (κ3) is 0.948. The van der Waals surface area contributed by atoms with Crippen LogP contribution in [0.15, 0.2) is 24.0 Å². The second-order valence-corrected chi connectivity index (χ2v) is 2.60. The predicted molar refractivity (Wildman–Crippen MR) is 38.3 cm³/mol. The van der Waals surface area contributed by atoms with Gasteiger partial charge >= 0.3 is 0 Å². The van der Waals surface area contributed by atoms with E-state index in [1.54, 1.807) is 0 Å². The second kappa shape index (κ2) is 2.46. The first-order valence-electron chi connectivity index (χ1n) is 3.59. The van der Waals surface area contributed by atoms with E-state index in [1.165, 1.54) is 5.57 Å². The minimum Gasteiger partial charge on any atom is -0.484 e. The minimum atomic E-state index is 0.429. The average molecular weight is 136 g/mol. The largest absolute Gasteiger partial charge is 0.484 e. The van der Waals surface area contributed by atoms with Crippen LogP contribution in [0.1, 0.15) is 12.8 Å². The van der Waals surface area contributed by atoms with E-state index in [-0.39, 0.29) is 0 Å². The zero-order chi connectivity index (χ0) is 6.81.